The van der Waals surface area contributed by atoms with Gasteiger partial charge in [0.1, 0.15) is 18.8 Å². The molecular formula is C6H5NO3. The lowest BCUT2D eigenvalue weighted by molar-refractivity contribution is -0.0279. The molecule has 4 nitrogen and oxygen atoms in total. The molecule has 52 valence electrons. The molecule has 0 aliphatic carbocycles. The van der Waals surface area contributed by atoms with Crippen molar-refractivity contribution in [3.05, 3.63) is 30.9 Å². The Bertz CT molecular complexity index is 221. The number of oxazole rings is 1. The van der Waals surface area contributed by atoms with Gasteiger partial charge in [-0.3, -0.25) is 0 Å². The molecule has 0 spiro atoms. The second kappa shape index (κ2) is 2.06. The van der Waals surface area contributed by atoms with Gasteiger partial charge in [0.15, 0.2) is 12.1 Å². The molecule has 0 fully saturated rings. The number of hydrogen-bond acceptors (Lipinski definition) is 4. The van der Waals surface area contributed by atoms with Crippen LogP contribution in [0.15, 0.2) is 29.6 Å². The predicted octanol–water partition coefficient (Wildman–Crippen LogP) is 1.19. The summed E-state index contributed by atoms with van der Waals surface area (Å²) in [6.07, 6.45) is 5.34. The first kappa shape index (κ1) is 5.34. The minimum absolute atomic E-state index is 0.418. The van der Waals surface area contributed by atoms with Crippen LogP contribution in [0.3, 0.4) is 0 Å². The van der Waals surface area contributed by atoms with Crippen LogP contribution in [-0.4, -0.2) is 4.98 Å². The summed E-state index contributed by atoms with van der Waals surface area (Å²) in [6.45, 7) is 0. The summed E-state index contributed by atoms with van der Waals surface area (Å²) in [5.41, 5.74) is 0.644. The third kappa shape index (κ3) is 0.737. The maximum Gasteiger partial charge on any atom is 0.286 e. The summed E-state index contributed by atoms with van der Waals surface area (Å²) in [4.78, 5) is 3.84. The van der Waals surface area contributed by atoms with Gasteiger partial charge >= 0.3 is 0 Å². The quantitative estimate of drug-likeness (QED) is 0.586. The van der Waals surface area contributed by atoms with Crippen molar-refractivity contribution in [3.8, 4) is 0 Å². The van der Waals surface area contributed by atoms with Crippen molar-refractivity contribution in [2.24, 2.45) is 0 Å². The van der Waals surface area contributed by atoms with E-state index in [2.05, 4.69) is 4.98 Å². The highest BCUT2D eigenvalue weighted by molar-refractivity contribution is 4.96. The van der Waals surface area contributed by atoms with E-state index >= 15 is 0 Å². The monoisotopic (exact) mass is 139 g/mol. The summed E-state index contributed by atoms with van der Waals surface area (Å²) >= 11 is 0. The molecule has 0 amide bonds. The van der Waals surface area contributed by atoms with Gasteiger partial charge in [-0.1, -0.05) is 0 Å². The Labute approximate surface area is 57.1 Å². The van der Waals surface area contributed by atoms with Crippen LogP contribution < -0.4 is 0 Å². The summed E-state index contributed by atoms with van der Waals surface area (Å²) in [5.74, 6) is 0. The Balaban J connectivity index is 2.14. The van der Waals surface area contributed by atoms with Crippen LogP contribution in [0.5, 0.6) is 0 Å². The molecule has 4 heteroatoms. The number of ether oxygens (including phenoxy) is 2. The van der Waals surface area contributed by atoms with Crippen LogP contribution in [0.1, 0.15) is 12.0 Å². The molecule has 1 aliphatic rings. The molecule has 0 saturated carbocycles. The van der Waals surface area contributed by atoms with Gasteiger partial charge in [-0.2, -0.15) is 0 Å². The summed E-state index contributed by atoms with van der Waals surface area (Å²) < 4.78 is 14.7. The first-order chi connectivity index (χ1) is 4.97. The van der Waals surface area contributed by atoms with Crippen molar-refractivity contribution in [1.82, 2.24) is 4.98 Å². The second-order valence-corrected chi connectivity index (χ2v) is 1.79. The number of hydrogen-bond donors (Lipinski definition) is 0. The fourth-order valence-corrected chi connectivity index (χ4v) is 0.717. The van der Waals surface area contributed by atoms with E-state index in [0.717, 1.165) is 0 Å². The van der Waals surface area contributed by atoms with Gasteiger partial charge in [-0.05, 0) is 0 Å². The summed E-state index contributed by atoms with van der Waals surface area (Å²) in [6, 6.07) is 0. The lowest BCUT2D eigenvalue weighted by Crippen LogP contribution is -1.96. The first-order valence-corrected chi connectivity index (χ1v) is 2.81. The minimum atomic E-state index is -0.418. The highest BCUT2D eigenvalue weighted by Gasteiger charge is 2.17. The van der Waals surface area contributed by atoms with Crippen molar-refractivity contribution in [2.45, 2.75) is 6.29 Å². The molecule has 0 saturated heterocycles. The van der Waals surface area contributed by atoms with Crippen LogP contribution in [0, 0.1) is 0 Å². The zero-order chi connectivity index (χ0) is 6.81. The van der Waals surface area contributed by atoms with E-state index in [0.29, 0.717) is 5.69 Å². The lowest BCUT2D eigenvalue weighted by Gasteiger charge is -2.04. The van der Waals surface area contributed by atoms with Gasteiger partial charge in [0.25, 0.3) is 6.29 Å². The van der Waals surface area contributed by atoms with E-state index in [1.54, 1.807) is 0 Å². The Kier molecular flexibility index (Phi) is 1.10. The van der Waals surface area contributed by atoms with Gasteiger partial charge < -0.3 is 13.9 Å². The maximum atomic E-state index is 4.97. The van der Waals surface area contributed by atoms with E-state index < -0.39 is 6.29 Å². The topological polar surface area (TPSA) is 44.5 Å². The van der Waals surface area contributed by atoms with E-state index in [1.165, 1.54) is 25.2 Å². The Morgan fingerprint density at radius 3 is 2.70 bits per heavy atom. The van der Waals surface area contributed by atoms with Gasteiger partial charge in [-0.15, -0.1) is 0 Å². The Morgan fingerprint density at radius 2 is 2.10 bits per heavy atom. The van der Waals surface area contributed by atoms with Crippen molar-refractivity contribution in [2.75, 3.05) is 0 Å². The molecule has 0 bridgehead atoms. The molecule has 1 aromatic heterocycles. The first-order valence-electron chi connectivity index (χ1n) is 2.81. The molecule has 1 aromatic rings. The third-order valence-electron chi connectivity index (χ3n) is 1.15. The lowest BCUT2D eigenvalue weighted by atomic mass is 10.5. The largest absolute Gasteiger partial charge is 0.454 e. The third-order valence-corrected chi connectivity index (χ3v) is 1.15. The molecule has 1 aliphatic heterocycles. The van der Waals surface area contributed by atoms with Crippen molar-refractivity contribution in [3.63, 3.8) is 0 Å². The minimum Gasteiger partial charge on any atom is -0.454 e. The number of aromatic nitrogens is 1. The van der Waals surface area contributed by atoms with Crippen LogP contribution in [-0.2, 0) is 9.47 Å². The number of rotatable bonds is 1. The Hall–Kier alpha value is -1.45. The molecule has 10 heavy (non-hydrogen) atoms. The average molecular weight is 139 g/mol. The van der Waals surface area contributed by atoms with Gasteiger partial charge in [-0.25, -0.2) is 4.98 Å². The fraction of sp³-hybridized carbons (Fsp3) is 0.167. The van der Waals surface area contributed by atoms with Crippen LogP contribution in [0.4, 0.5) is 0 Å². The zero-order valence-electron chi connectivity index (χ0n) is 5.06. The van der Waals surface area contributed by atoms with Crippen molar-refractivity contribution < 1.29 is 13.9 Å². The predicted molar refractivity (Wildman–Crippen MR) is 30.6 cm³/mol. The van der Waals surface area contributed by atoms with Gasteiger partial charge in [0.2, 0.25) is 0 Å². The van der Waals surface area contributed by atoms with Crippen LogP contribution in [0.2, 0.25) is 0 Å². The summed E-state index contributed by atoms with van der Waals surface area (Å²) in [5, 5.41) is 0. The second-order valence-electron chi connectivity index (χ2n) is 1.79. The standard InChI is InChI=1S/C6H5NO3/c1-2-10-6(9-1)5-3-8-4-7-5/h1-4,6H. The molecule has 2 rings (SSSR count). The van der Waals surface area contributed by atoms with Crippen molar-refractivity contribution in [1.29, 1.82) is 0 Å². The number of nitrogens with zero attached hydrogens (tertiary/aromatic N) is 1. The van der Waals surface area contributed by atoms with Gasteiger partial charge in [0, 0.05) is 0 Å². The van der Waals surface area contributed by atoms with Crippen molar-refractivity contribution >= 4 is 0 Å². The molecule has 2 heterocycles. The van der Waals surface area contributed by atoms with E-state index in [9.17, 15) is 0 Å². The normalized spacial score (nSPS) is 16.8. The Morgan fingerprint density at radius 1 is 1.30 bits per heavy atom. The summed E-state index contributed by atoms with van der Waals surface area (Å²) in [7, 11) is 0. The fourth-order valence-electron chi connectivity index (χ4n) is 0.717. The van der Waals surface area contributed by atoms with E-state index in [-0.39, 0.29) is 0 Å². The van der Waals surface area contributed by atoms with E-state index in [1.807, 2.05) is 0 Å². The highest BCUT2D eigenvalue weighted by Crippen LogP contribution is 2.21. The van der Waals surface area contributed by atoms with Crippen LogP contribution >= 0.6 is 0 Å². The molecule has 0 unspecified atom stereocenters. The van der Waals surface area contributed by atoms with Crippen LogP contribution in [0.25, 0.3) is 0 Å². The maximum absolute atomic E-state index is 4.97. The molecular weight excluding hydrogens is 134 g/mol. The molecule has 0 aromatic carbocycles. The average Bonchev–Trinajstić information content (AvgIpc) is 2.59. The van der Waals surface area contributed by atoms with E-state index in [4.69, 9.17) is 13.9 Å². The SMILES string of the molecule is C1=COC(c2cocn2)O1. The molecule has 0 atom stereocenters. The smallest absolute Gasteiger partial charge is 0.286 e. The molecule has 0 N–H and O–H groups in total. The zero-order valence-corrected chi connectivity index (χ0v) is 5.06. The van der Waals surface area contributed by atoms with Gasteiger partial charge in [0.05, 0.1) is 0 Å². The highest BCUT2D eigenvalue weighted by atomic mass is 16.7. The molecule has 0 radical (unpaired) electrons.